The molecule has 1 unspecified atom stereocenters. The largest absolute Gasteiger partial charge is 0.492 e. The number of benzene rings is 2. The maximum Gasteiger partial charge on any atom is 0.119 e. The van der Waals surface area contributed by atoms with Gasteiger partial charge in [-0.05, 0) is 66.5 Å². The molecule has 0 fully saturated rings. The number of hydrogen-bond donors (Lipinski definition) is 1. The molecule has 26 heavy (non-hydrogen) atoms. The normalized spacial score (nSPS) is 16.6. The second-order valence-electron chi connectivity index (χ2n) is 6.54. The second kappa shape index (κ2) is 9.09. The molecule has 0 saturated heterocycles. The van der Waals surface area contributed by atoms with Crippen molar-refractivity contribution < 1.29 is 4.74 Å². The van der Waals surface area contributed by atoms with Gasteiger partial charge in [-0.3, -0.25) is 0 Å². The molecule has 140 valence electrons. The van der Waals surface area contributed by atoms with E-state index in [1.807, 2.05) is 18.2 Å². The Balaban J connectivity index is 1.76. The Hall–Kier alpha value is -1.26. The van der Waals surface area contributed by atoms with E-state index in [0.29, 0.717) is 11.6 Å². The van der Waals surface area contributed by atoms with Gasteiger partial charge in [-0.25, -0.2) is 0 Å². The first-order valence-corrected chi connectivity index (χ1v) is 10.0. The lowest BCUT2D eigenvalue weighted by Gasteiger charge is -2.28. The number of likely N-dealkylation sites (N-methyl/N-ethyl adjacent to an activating group) is 1. The van der Waals surface area contributed by atoms with E-state index in [9.17, 15) is 0 Å². The summed E-state index contributed by atoms with van der Waals surface area (Å²) in [5, 5.41) is 5.00. The average molecular weight is 393 g/mol. The molecule has 5 heteroatoms. The van der Waals surface area contributed by atoms with Crippen molar-refractivity contribution in [3.8, 4) is 5.75 Å². The molecular formula is C21H26Cl2N2O. The standard InChI is InChI=1S/C21H26Cl2N2O/c1-3-25(4-2)11-12-26-17-6-7-18-15(13-17)9-10-24-21(18)19-14-16(22)5-8-20(19)23/h5-8,13-14,21,24H,3-4,9-12H2,1-2H3. The van der Waals surface area contributed by atoms with E-state index in [0.717, 1.165) is 48.9 Å². The van der Waals surface area contributed by atoms with Gasteiger partial charge >= 0.3 is 0 Å². The summed E-state index contributed by atoms with van der Waals surface area (Å²) < 4.78 is 5.98. The van der Waals surface area contributed by atoms with E-state index in [1.165, 1.54) is 11.1 Å². The highest BCUT2D eigenvalue weighted by atomic mass is 35.5. The molecule has 1 aliphatic heterocycles. The minimum atomic E-state index is 0.0645. The maximum absolute atomic E-state index is 6.42. The van der Waals surface area contributed by atoms with Crippen molar-refractivity contribution in [2.75, 3.05) is 32.8 Å². The third-order valence-corrected chi connectivity index (χ3v) is 5.59. The van der Waals surface area contributed by atoms with Gasteiger partial charge in [0.25, 0.3) is 0 Å². The highest BCUT2D eigenvalue weighted by molar-refractivity contribution is 6.33. The van der Waals surface area contributed by atoms with E-state index in [1.54, 1.807) is 0 Å². The number of nitrogens with one attached hydrogen (secondary N) is 1. The van der Waals surface area contributed by atoms with Crippen LogP contribution in [0.5, 0.6) is 5.75 Å². The Morgan fingerprint density at radius 2 is 1.88 bits per heavy atom. The molecule has 1 heterocycles. The fraction of sp³-hybridized carbons (Fsp3) is 0.429. The Morgan fingerprint density at radius 3 is 2.65 bits per heavy atom. The highest BCUT2D eigenvalue weighted by Gasteiger charge is 2.23. The SMILES string of the molecule is CCN(CC)CCOc1ccc2c(c1)CCNC2c1cc(Cl)ccc1Cl. The molecule has 0 saturated carbocycles. The number of rotatable bonds is 7. The first-order valence-electron chi connectivity index (χ1n) is 9.28. The molecule has 0 bridgehead atoms. The summed E-state index contributed by atoms with van der Waals surface area (Å²) in [6.45, 7) is 9.03. The molecule has 0 aromatic heterocycles. The Kier molecular flexibility index (Phi) is 6.82. The van der Waals surface area contributed by atoms with Crippen molar-refractivity contribution in [3.63, 3.8) is 0 Å². The van der Waals surface area contributed by atoms with Crippen LogP contribution >= 0.6 is 23.2 Å². The van der Waals surface area contributed by atoms with Gasteiger partial charge in [0.1, 0.15) is 12.4 Å². The van der Waals surface area contributed by atoms with Crippen molar-refractivity contribution in [1.29, 1.82) is 0 Å². The van der Waals surface area contributed by atoms with Gasteiger partial charge in [-0.2, -0.15) is 0 Å². The molecule has 1 N–H and O–H groups in total. The molecule has 1 aliphatic rings. The van der Waals surface area contributed by atoms with Crippen LogP contribution < -0.4 is 10.1 Å². The molecule has 0 spiro atoms. The van der Waals surface area contributed by atoms with Crippen molar-refractivity contribution in [3.05, 3.63) is 63.1 Å². The van der Waals surface area contributed by atoms with Gasteiger partial charge in [-0.15, -0.1) is 0 Å². The van der Waals surface area contributed by atoms with E-state index in [4.69, 9.17) is 27.9 Å². The quantitative estimate of drug-likeness (QED) is 0.721. The molecule has 0 aliphatic carbocycles. The second-order valence-corrected chi connectivity index (χ2v) is 7.38. The zero-order valence-corrected chi connectivity index (χ0v) is 16.9. The maximum atomic E-state index is 6.42. The number of nitrogens with zero attached hydrogens (tertiary/aromatic N) is 1. The van der Waals surface area contributed by atoms with E-state index in [2.05, 4.69) is 42.3 Å². The number of halogens is 2. The van der Waals surface area contributed by atoms with Crippen molar-refractivity contribution in [2.45, 2.75) is 26.3 Å². The van der Waals surface area contributed by atoms with Crippen molar-refractivity contribution >= 4 is 23.2 Å². The predicted molar refractivity (Wildman–Crippen MR) is 110 cm³/mol. The summed E-state index contributed by atoms with van der Waals surface area (Å²) in [6.07, 6.45) is 0.983. The Bertz CT molecular complexity index is 747. The van der Waals surface area contributed by atoms with Gasteiger partial charge in [0.05, 0.1) is 6.04 Å². The van der Waals surface area contributed by atoms with Crippen LogP contribution in [0.3, 0.4) is 0 Å². The Labute approximate surface area is 166 Å². The highest BCUT2D eigenvalue weighted by Crippen LogP contribution is 2.35. The molecule has 0 amide bonds. The molecular weight excluding hydrogens is 367 g/mol. The fourth-order valence-corrected chi connectivity index (χ4v) is 3.88. The third-order valence-electron chi connectivity index (χ3n) is 5.01. The predicted octanol–water partition coefficient (Wildman–Crippen LogP) is 4.95. The van der Waals surface area contributed by atoms with Crippen molar-refractivity contribution in [1.82, 2.24) is 10.2 Å². The molecule has 3 nitrogen and oxygen atoms in total. The van der Waals surface area contributed by atoms with Gasteiger partial charge in [0, 0.05) is 23.1 Å². The molecule has 0 radical (unpaired) electrons. The van der Waals surface area contributed by atoms with Crippen LogP contribution in [0.2, 0.25) is 10.0 Å². The van der Waals surface area contributed by atoms with Crippen LogP contribution in [0.15, 0.2) is 36.4 Å². The first kappa shape index (κ1) is 19.5. The minimum Gasteiger partial charge on any atom is -0.492 e. The molecule has 1 atom stereocenters. The summed E-state index contributed by atoms with van der Waals surface area (Å²) in [4.78, 5) is 2.36. The first-order chi connectivity index (χ1) is 12.6. The third kappa shape index (κ3) is 4.52. The van der Waals surface area contributed by atoms with Crippen LogP contribution in [0.4, 0.5) is 0 Å². The zero-order chi connectivity index (χ0) is 18.5. The summed E-state index contributed by atoms with van der Waals surface area (Å²) >= 11 is 12.6. The number of ether oxygens (including phenoxy) is 1. The van der Waals surface area contributed by atoms with Crippen LogP contribution in [-0.4, -0.2) is 37.7 Å². The lowest BCUT2D eigenvalue weighted by molar-refractivity contribution is 0.222. The van der Waals surface area contributed by atoms with Crippen LogP contribution in [0.25, 0.3) is 0 Å². The van der Waals surface area contributed by atoms with Crippen molar-refractivity contribution in [2.24, 2.45) is 0 Å². The molecule has 2 aromatic carbocycles. The van der Waals surface area contributed by atoms with E-state index >= 15 is 0 Å². The van der Waals surface area contributed by atoms with E-state index in [-0.39, 0.29) is 6.04 Å². The summed E-state index contributed by atoms with van der Waals surface area (Å²) in [6, 6.07) is 12.1. The monoisotopic (exact) mass is 392 g/mol. The smallest absolute Gasteiger partial charge is 0.119 e. The lowest BCUT2D eigenvalue weighted by Crippen LogP contribution is -2.31. The molecule has 2 aromatic rings. The van der Waals surface area contributed by atoms with E-state index < -0.39 is 0 Å². The minimum absolute atomic E-state index is 0.0645. The van der Waals surface area contributed by atoms with Gasteiger partial charge in [0.15, 0.2) is 0 Å². The lowest BCUT2D eigenvalue weighted by atomic mass is 9.89. The zero-order valence-electron chi connectivity index (χ0n) is 15.4. The topological polar surface area (TPSA) is 24.5 Å². The summed E-state index contributed by atoms with van der Waals surface area (Å²) in [5.41, 5.74) is 3.58. The molecule has 3 rings (SSSR count). The number of fused-ring (bicyclic) bond motifs is 1. The van der Waals surface area contributed by atoms with Gasteiger partial charge in [-0.1, -0.05) is 43.1 Å². The van der Waals surface area contributed by atoms with Crippen LogP contribution in [-0.2, 0) is 6.42 Å². The Morgan fingerprint density at radius 1 is 1.08 bits per heavy atom. The number of hydrogen-bond acceptors (Lipinski definition) is 3. The summed E-state index contributed by atoms with van der Waals surface area (Å²) in [5.74, 6) is 0.939. The summed E-state index contributed by atoms with van der Waals surface area (Å²) in [7, 11) is 0. The van der Waals surface area contributed by atoms with Crippen LogP contribution in [0, 0.1) is 0 Å². The van der Waals surface area contributed by atoms with Gasteiger partial charge < -0.3 is 15.0 Å². The van der Waals surface area contributed by atoms with Gasteiger partial charge in [0.2, 0.25) is 0 Å². The fourth-order valence-electron chi connectivity index (χ4n) is 3.48. The average Bonchev–Trinajstić information content (AvgIpc) is 2.66. The van der Waals surface area contributed by atoms with Crippen LogP contribution in [0.1, 0.15) is 36.6 Å².